The summed E-state index contributed by atoms with van der Waals surface area (Å²) in [5.74, 6) is 0.998. The maximum absolute atomic E-state index is 11.5. The minimum absolute atomic E-state index is 0.217. The molecule has 1 aliphatic rings. The molecule has 1 aliphatic heterocycles. The van der Waals surface area contributed by atoms with Crippen LogP contribution in [-0.2, 0) is 4.74 Å². The summed E-state index contributed by atoms with van der Waals surface area (Å²) in [5, 5.41) is 15.1. The fourth-order valence-electron chi connectivity index (χ4n) is 2.70. The van der Waals surface area contributed by atoms with Crippen LogP contribution in [0, 0.1) is 11.3 Å². The van der Waals surface area contributed by atoms with E-state index in [-0.39, 0.29) is 6.79 Å². The second-order valence-corrected chi connectivity index (χ2v) is 6.85. The van der Waals surface area contributed by atoms with Crippen molar-refractivity contribution in [2.45, 2.75) is 0 Å². The summed E-state index contributed by atoms with van der Waals surface area (Å²) in [6, 6.07) is 14.5. The van der Waals surface area contributed by atoms with Gasteiger partial charge < -0.3 is 19.5 Å². The van der Waals surface area contributed by atoms with Crippen molar-refractivity contribution in [3.8, 4) is 28.8 Å². The van der Waals surface area contributed by atoms with Gasteiger partial charge in [-0.2, -0.15) is 5.26 Å². The lowest BCUT2D eigenvalue weighted by atomic mass is 10.1. The van der Waals surface area contributed by atoms with Crippen LogP contribution in [0.25, 0.3) is 16.8 Å². The molecular formula is C21H15N3O4S. The maximum atomic E-state index is 11.5. The lowest BCUT2D eigenvalue weighted by Gasteiger charge is -2.03. The van der Waals surface area contributed by atoms with Crippen LogP contribution in [0.5, 0.6) is 11.5 Å². The molecule has 1 aromatic heterocycles. The van der Waals surface area contributed by atoms with E-state index in [1.807, 2.05) is 23.6 Å². The first kappa shape index (κ1) is 18.5. The molecular weight excluding hydrogens is 390 g/mol. The van der Waals surface area contributed by atoms with Crippen LogP contribution in [-0.4, -0.2) is 24.9 Å². The molecule has 29 heavy (non-hydrogen) atoms. The molecule has 0 aliphatic carbocycles. The number of aromatic nitrogens is 1. The molecule has 2 heterocycles. The topological polar surface area (TPSA) is 93.5 Å². The van der Waals surface area contributed by atoms with Gasteiger partial charge in [0, 0.05) is 22.8 Å². The van der Waals surface area contributed by atoms with Crippen molar-refractivity contribution in [2.75, 3.05) is 19.2 Å². The highest BCUT2D eigenvalue weighted by atomic mass is 32.1. The van der Waals surface area contributed by atoms with Crippen molar-refractivity contribution in [1.82, 2.24) is 4.98 Å². The number of carbonyl (C=O) groups excluding carboxylic acids is 1. The third kappa shape index (κ3) is 3.90. The van der Waals surface area contributed by atoms with Gasteiger partial charge in [-0.05, 0) is 42.5 Å². The first-order valence-corrected chi connectivity index (χ1v) is 9.47. The van der Waals surface area contributed by atoms with E-state index in [9.17, 15) is 10.1 Å². The van der Waals surface area contributed by atoms with Gasteiger partial charge in [0.1, 0.15) is 16.6 Å². The molecule has 0 atom stereocenters. The molecule has 0 bridgehead atoms. The van der Waals surface area contributed by atoms with Crippen LogP contribution in [0.4, 0.5) is 5.69 Å². The highest BCUT2D eigenvalue weighted by Gasteiger charge is 2.16. The number of esters is 1. The van der Waals surface area contributed by atoms with Gasteiger partial charge in [0.2, 0.25) is 6.79 Å². The molecule has 0 saturated heterocycles. The number of allylic oxidation sites excluding steroid dienone is 1. The number of hydrogen-bond acceptors (Lipinski definition) is 8. The van der Waals surface area contributed by atoms with Crippen molar-refractivity contribution < 1.29 is 19.0 Å². The summed E-state index contributed by atoms with van der Waals surface area (Å²) in [7, 11) is 1.34. The number of nitrogens with one attached hydrogen (secondary N) is 1. The summed E-state index contributed by atoms with van der Waals surface area (Å²) < 4.78 is 15.4. The molecule has 144 valence electrons. The largest absolute Gasteiger partial charge is 0.465 e. The molecule has 0 fully saturated rings. The highest BCUT2D eigenvalue weighted by Crippen LogP contribution is 2.36. The number of benzene rings is 2. The van der Waals surface area contributed by atoms with Gasteiger partial charge in [0.25, 0.3) is 0 Å². The van der Waals surface area contributed by atoms with Crippen molar-refractivity contribution >= 4 is 28.6 Å². The highest BCUT2D eigenvalue weighted by molar-refractivity contribution is 7.11. The SMILES string of the molecule is COC(=O)c1ccc(N/C=C(\C#N)c2nc(-c3ccc4c(c3)OCO4)cs2)cc1. The van der Waals surface area contributed by atoms with Crippen LogP contribution in [0.15, 0.2) is 54.0 Å². The molecule has 3 aromatic rings. The lowest BCUT2D eigenvalue weighted by Crippen LogP contribution is -2.00. The minimum Gasteiger partial charge on any atom is -0.465 e. The Morgan fingerprint density at radius 3 is 2.79 bits per heavy atom. The van der Waals surface area contributed by atoms with Gasteiger partial charge in [-0.1, -0.05) is 0 Å². The van der Waals surface area contributed by atoms with Crippen molar-refractivity contribution in [2.24, 2.45) is 0 Å². The number of nitrogens with zero attached hydrogens (tertiary/aromatic N) is 2. The van der Waals surface area contributed by atoms with Crippen LogP contribution < -0.4 is 14.8 Å². The molecule has 0 amide bonds. The predicted octanol–water partition coefficient (Wildman–Crippen LogP) is 4.30. The van der Waals surface area contributed by atoms with E-state index in [1.54, 1.807) is 30.5 Å². The first-order chi connectivity index (χ1) is 14.2. The molecule has 4 rings (SSSR count). The zero-order chi connectivity index (χ0) is 20.2. The van der Waals surface area contributed by atoms with Gasteiger partial charge >= 0.3 is 5.97 Å². The van der Waals surface area contributed by atoms with Gasteiger partial charge in [-0.25, -0.2) is 9.78 Å². The number of ether oxygens (including phenoxy) is 3. The van der Waals surface area contributed by atoms with Crippen molar-refractivity contribution in [3.63, 3.8) is 0 Å². The summed E-state index contributed by atoms with van der Waals surface area (Å²) in [6.07, 6.45) is 1.59. The Morgan fingerprint density at radius 1 is 1.24 bits per heavy atom. The number of hydrogen-bond donors (Lipinski definition) is 1. The Kier molecular flexibility index (Phi) is 5.14. The molecule has 0 radical (unpaired) electrons. The maximum Gasteiger partial charge on any atom is 0.337 e. The lowest BCUT2D eigenvalue weighted by molar-refractivity contribution is 0.0600. The molecule has 1 N–H and O–H groups in total. The molecule has 0 spiro atoms. The summed E-state index contributed by atoms with van der Waals surface area (Å²) in [4.78, 5) is 16.1. The Balaban J connectivity index is 1.51. The average Bonchev–Trinajstić information content (AvgIpc) is 3.43. The Bertz CT molecular complexity index is 1130. The van der Waals surface area contributed by atoms with E-state index < -0.39 is 5.97 Å². The van der Waals surface area contributed by atoms with Gasteiger partial charge in [-0.15, -0.1) is 11.3 Å². The van der Waals surface area contributed by atoms with Gasteiger partial charge in [-0.3, -0.25) is 0 Å². The molecule has 0 unspecified atom stereocenters. The first-order valence-electron chi connectivity index (χ1n) is 8.59. The third-order valence-electron chi connectivity index (χ3n) is 4.21. The number of anilines is 1. The Morgan fingerprint density at radius 2 is 2.03 bits per heavy atom. The van der Waals surface area contributed by atoms with Gasteiger partial charge in [0.15, 0.2) is 11.5 Å². The standard InChI is InChI=1S/C21H15N3O4S/c1-26-21(25)13-2-5-16(6-3-13)23-10-15(9-22)20-24-17(11-29-20)14-4-7-18-19(8-14)28-12-27-18/h2-8,10-11,23H,12H2,1H3/b15-10+. The number of rotatable bonds is 5. The Hall–Kier alpha value is -3.83. The molecule has 0 saturated carbocycles. The second-order valence-electron chi connectivity index (χ2n) is 5.99. The zero-order valence-electron chi connectivity index (χ0n) is 15.3. The number of methoxy groups -OCH3 is 1. The molecule has 7 nitrogen and oxygen atoms in total. The predicted molar refractivity (Wildman–Crippen MR) is 109 cm³/mol. The van der Waals surface area contributed by atoms with Crippen molar-refractivity contribution in [1.29, 1.82) is 5.26 Å². The summed E-state index contributed by atoms with van der Waals surface area (Å²) in [5.41, 5.74) is 3.24. The number of fused-ring (bicyclic) bond motifs is 1. The quantitative estimate of drug-likeness (QED) is 0.499. The van der Waals surface area contributed by atoms with E-state index >= 15 is 0 Å². The Labute approximate surface area is 170 Å². The fourth-order valence-corrected chi connectivity index (χ4v) is 3.50. The monoisotopic (exact) mass is 405 g/mol. The van der Waals surface area contributed by atoms with Crippen LogP contribution >= 0.6 is 11.3 Å². The summed E-state index contributed by atoms with van der Waals surface area (Å²) >= 11 is 1.38. The van der Waals surface area contributed by atoms with E-state index in [4.69, 9.17) is 9.47 Å². The van der Waals surface area contributed by atoms with E-state index in [0.29, 0.717) is 27.6 Å². The smallest absolute Gasteiger partial charge is 0.337 e. The molecule has 2 aromatic carbocycles. The third-order valence-corrected chi connectivity index (χ3v) is 5.09. The molecule has 8 heteroatoms. The van der Waals surface area contributed by atoms with E-state index in [0.717, 1.165) is 16.9 Å². The van der Waals surface area contributed by atoms with E-state index in [2.05, 4.69) is 21.1 Å². The van der Waals surface area contributed by atoms with Crippen molar-refractivity contribution in [3.05, 3.63) is 64.6 Å². The van der Waals surface area contributed by atoms with E-state index in [1.165, 1.54) is 18.4 Å². The normalized spacial score (nSPS) is 12.3. The average molecular weight is 405 g/mol. The fraction of sp³-hybridized carbons (Fsp3) is 0.0952. The minimum atomic E-state index is -0.399. The van der Waals surface area contributed by atoms with Crippen LogP contribution in [0.2, 0.25) is 0 Å². The number of nitriles is 1. The second kappa shape index (κ2) is 8.04. The van der Waals surface area contributed by atoms with Crippen LogP contribution in [0.3, 0.4) is 0 Å². The number of carbonyl (C=O) groups is 1. The number of thiazole rings is 1. The van der Waals surface area contributed by atoms with Crippen LogP contribution in [0.1, 0.15) is 15.4 Å². The zero-order valence-corrected chi connectivity index (χ0v) is 16.2. The van der Waals surface area contributed by atoms with Gasteiger partial charge in [0.05, 0.1) is 18.4 Å². The summed E-state index contributed by atoms with van der Waals surface area (Å²) in [6.45, 7) is 0.217.